The van der Waals surface area contributed by atoms with Crippen LogP contribution >= 0.6 is 0 Å². The van der Waals surface area contributed by atoms with Crippen LogP contribution in [0.5, 0.6) is 0 Å². The first kappa shape index (κ1) is 20.3. The molecule has 31 heavy (non-hydrogen) atoms. The lowest BCUT2D eigenvalue weighted by Crippen LogP contribution is -2.35. The van der Waals surface area contributed by atoms with Gasteiger partial charge in [-0.1, -0.05) is 30.3 Å². The van der Waals surface area contributed by atoms with Crippen molar-refractivity contribution in [2.24, 2.45) is 0 Å². The van der Waals surface area contributed by atoms with Gasteiger partial charge in [0.05, 0.1) is 35.6 Å². The van der Waals surface area contributed by atoms with E-state index >= 15 is 0 Å². The molecule has 1 amide bonds. The molecule has 4 aromatic rings. The minimum atomic E-state index is -0.980. The fourth-order valence-electron chi connectivity index (χ4n) is 3.21. The van der Waals surface area contributed by atoms with Gasteiger partial charge in [0.15, 0.2) is 11.8 Å². The smallest absolute Gasteiger partial charge is 0.339 e. The molecule has 3 heterocycles. The molecule has 0 aliphatic rings. The second-order valence-corrected chi connectivity index (χ2v) is 6.96. The van der Waals surface area contributed by atoms with E-state index in [1.807, 2.05) is 37.3 Å². The largest absolute Gasteiger partial charge is 0.467 e. The zero-order valence-electron chi connectivity index (χ0n) is 17.2. The minimum Gasteiger partial charge on any atom is -0.467 e. The highest BCUT2D eigenvalue weighted by atomic mass is 16.5. The number of carbonyl (C=O) groups excluding carboxylic acids is 2. The van der Waals surface area contributed by atoms with Crippen molar-refractivity contribution in [3.05, 3.63) is 72.3 Å². The summed E-state index contributed by atoms with van der Waals surface area (Å²) in [5.74, 6) is -0.411. The molecule has 8 heteroatoms. The van der Waals surface area contributed by atoms with Crippen LogP contribution in [0.3, 0.4) is 0 Å². The summed E-state index contributed by atoms with van der Waals surface area (Å²) in [7, 11) is 0. The Morgan fingerprint density at radius 3 is 2.71 bits per heavy atom. The standard InChI is InChI=1S/C23H22N4O4/c1-3-27-21-19(14-25-27)18(12-20(26-21)16-8-5-4-6-9-16)23(29)31-15(2)22(28)24-13-17-10-7-11-30-17/h4-12,14-15H,3,13H2,1-2H3,(H,24,28). The molecule has 1 atom stereocenters. The summed E-state index contributed by atoms with van der Waals surface area (Å²) in [6.45, 7) is 4.30. The third-order valence-corrected chi connectivity index (χ3v) is 4.87. The van der Waals surface area contributed by atoms with E-state index in [-0.39, 0.29) is 6.54 Å². The molecule has 0 saturated heterocycles. The van der Waals surface area contributed by atoms with Gasteiger partial charge in [-0.25, -0.2) is 14.5 Å². The van der Waals surface area contributed by atoms with Gasteiger partial charge in [0.2, 0.25) is 0 Å². The lowest BCUT2D eigenvalue weighted by Gasteiger charge is -2.14. The van der Waals surface area contributed by atoms with Crippen LogP contribution in [0, 0.1) is 0 Å². The van der Waals surface area contributed by atoms with Crippen LogP contribution in [0.15, 0.2) is 65.4 Å². The molecule has 1 aromatic carbocycles. The molecule has 8 nitrogen and oxygen atoms in total. The Labute approximate surface area is 178 Å². The first-order valence-electron chi connectivity index (χ1n) is 10.00. The van der Waals surface area contributed by atoms with Crippen LogP contribution in [0.2, 0.25) is 0 Å². The van der Waals surface area contributed by atoms with Crippen LogP contribution in [-0.2, 0) is 22.6 Å². The maximum atomic E-state index is 13.0. The number of rotatable bonds is 7. The molecular weight excluding hydrogens is 396 g/mol. The average Bonchev–Trinajstić information content (AvgIpc) is 3.46. The predicted octanol–water partition coefficient (Wildman–Crippen LogP) is 3.57. The Kier molecular flexibility index (Phi) is 5.79. The number of carbonyl (C=O) groups is 2. The van der Waals surface area contributed by atoms with Crippen LogP contribution < -0.4 is 5.32 Å². The number of ether oxygens (including phenoxy) is 1. The van der Waals surface area contributed by atoms with Gasteiger partial charge in [0, 0.05) is 12.1 Å². The van der Waals surface area contributed by atoms with Gasteiger partial charge in [-0.15, -0.1) is 0 Å². The van der Waals surface area contributed by atoms with Crippen molar-refractivity contribution in [2.45, 2.75) is 33.0 Å². The summed E-state index contributed by atoms with van der Waals surface area (Å²) in [6, 6.07) is 14.7. The summed E-state index contributed by atoms with van der Waals surface area (Å²) in [4.78, 5) is 30.0. The van der Waals surface area contributed by atoms with E-state index in [0.29, 0.717) is 34.6 Å². The van der Waals surface area contributed by atoms with Crippen molar-refractivity contribution in [1.82, 2.24) is 20.1 Å². The van der Waals surface area contributed by atoms with Gasteiger partial charge >= 0.3 is 5.97 Å². The number of hydrogen-bond donors (Lipinski definition) is 1. The van der Waals surface area contributed by atoms with Crippen molar-refractivity contribution < 1.29 is 18.7 Å². The van der Waals surface area contributed by atoms with Crippen LogP contribution in [-0.4, -0.2) is 32.7 Å². The average molecular weight is 418 g/mol. The van der Waals surface area contributed by atoms with Gasteiger partial charge in [0.1, 0.15) is 5.76 Å². The number of aryl methyl sites for hydroxylation is 1. The molecule has 0 spiro atoms. The third-order valence-electron chi connectivity index (χ3n) is 4.87. The Hall–Kier alpha value is -3.94. The van der Waals surface area contributed by atoms with Gasteiger partial charge in [0.25, 0.3) is 5.91 Å². The highest BCUT2D eigenvalue weighted by Crippen LogP contribution is 2.25. The van der Waals surface area contributed by atoms with Crippen molar-refractivity contribution in [3.8, 4) is 11.3 Å². The number of pyridine rings is 1. The highest BCUT2D eigenvalue weighted by molar-refractivity contribution is 6.04. The summed E-state index contributed by atoms with van der Waals surface area (Å²) in [5.41, 5.74) is 2.40. The molecule has 0 radical (unpaired) electrons. The quantitative estimate of drug-likeness (QED) is 0.461. The third kappa shape index (κ3) is 4.32. The van der Waals surface area contributed by atoms with Crippen LogP contribution in [0.4, 0.5) is 0 Å². The SMILES string of the molecule is CCn1ncc2c(C(=O)OC(C)C(=O)NCc3ccco3)cc(-c3ccccc3)nc21. The molecule has 1 unspecified atom stereocenters. The number of amides is 1. The number of esters is 1. The predicted molar refractivity (Wildman–Crippen MR) is 114 cm³/mol. The number of benzene rings is 1. The van der Waals surface area contributed by atoms with Crippen molar-refractivity contribution >= 4 is 22.9 Å². The number of furan rings is 1. The monoisotopic (exact) mass is 418 g/mol. The number of nitrogens with one attached hydrogen (secondary N) is 1. The number of hydrogen-bond acceptors (Lipinski definition) is 6. The molecule has 4 rings (SSSR count). The first-order chi connectivity index (χ1) is 15.1. The minimum absolute atomic E-state index is 0.217. The fraction of sp³-hybridized carbons (Fsp3) is 0.217. The molecule has 1 N–H and O–H groups in total. The second kappa shape index (κ2) is 8.83. The molecule has 0 aliphatic heterocycles. The summed E-state index contributed by atoms with van der Waals surface area (Å²) < 4.78 is 12.4. The second-order valence-electron chi connectivity index (χ2n) is 6.96. The van der Waals surface area contributed by atoms with E-state index in [1.165, 1.54) is 13.2 Å². The molecule has 0 aliphatic carbocycles. The van der Waals surface area contributed by atoms with Crippen molar-refractivity contribution in [2.75, 3.05) is 0 Å². The van der Waals surface area contributed by atoms with E-state index in [2.05, 4.69) is 10.4 Å². The summed E-state index contributed by atoms with van der Waals surface area (Å²) >= 11 is 0. The maximum absolute atomic E-state index is 13.0. The number of nitrogens with zero attached hydrogens (tertiary/aromatic N) is 3. The number of fused-ring (bicyclic) bond motifs is 1. The Morgan fingerprint density at radius 2 is 2.00 bits per heavy atom. The molecule has 0 fully saturated rings. The van der Waals surface area contributed by atoms with E-state index in [0.717, 1.165) is 5.56 Å². The summed E-state index contributed by atoms with van der Waals surface area (Å²) in [5, 5.41) is 7.59. The highest BCUT2D eigenvalue weighted by Gasteiger charge is 2.23. The van der Waals surface area contributed by atoms with Crippen molar-refractivity contribution in [3.63, 3.8) is 0 Å². The Morgan fingerprint density at radius 1 is 1.19 bits per heavy atom. The van der Waals surface area contributed by atoms with Crippen molar-refractivity contribution in [1.29, 1.82) is 0 Å². The fourth-order valence-corrected chi connectivity index (χ4v) is 3.21. The maximum Gasteiger partial charge on any atom is 0.339 e. The van der Waals surface area contributed by atoms with E-state index in [4.69, 9.17) is 14.1 Å². The number of aromatic nitrogens is 3. The van der Waals surface area contributed by atoms with E-state index < -0.39 is 18.0 Å². The van der Waals surface area contributed by atoms with E-state index in [1.54, 1.807) is 29.1 Å². The topological polar surface area (TPSA) is 99.2 Å². The lowest BCUT2D eigenvalue weighted by atomic mass is 10.1. The van der Waals surface area contributed by atoms with Crippen LogP contribution in [0.1, 0.15) is 30.0 Å². The van der Waals surface area contributed by atoms with Gasteiger partial charge in [-0.2, -0.15) is 5.10 Å². The Balaban J connectivity index is 1.59. The van der Waals surface area contributed by atoms with E-state index in [9.17, 15) is 9.59 Å². The molecule has 0 saturated carbocycles. The molecule has 158 valence electrons. The normalized spacial score (nSPS) is 11.9. The van der Waals surface area contributed by atoms with Gasteiger partial charge in [-0.3, -0.25) is 4.79 Å². The lowest BCUT2D eigenvalue weighted by molar-refractivity contribution is -0.129. The molecular formula is C23H22N4O4. The zero-order chi connectivity index (χ0) is 21.8. The Bertz CT molecular complexity index is 1200. The first-order valence-corrected chi connectivity index (χ1v) is 10.00. The molecule has 3 aromatic heterocycles. The molecule has 0 bridgehead atoms. The summed E-state index contributed by atoms with van der Waals surface area (Å²) in [6.07, 6.45) is 2.14. The zero-order valence-corrected chi connectivity index (χ0v) is 17.2. The van der Waals surface area contributed by atoms with Crippen LogP contribution in [0.25, 0.3) is 22.3 Å². The van der Waals surface area contributed by atoms with Gasteiger partial charge in [-0.05, 0) is 32.0 Å². The van der Waals surface area contributed by atoms with Gasteiger partial charge < -0.3 is 14.5 Å².